The van der Waals surface area contributed by atoms with Crippen molar-refractivity contribution in [1.29, 1.82) is 5.41 Å². The van der Waals surface area contributed by atoms with Gasteiger partial charge in [0.1, 0.15) is 5.84 Å². The lowest BCUT2D eigenvalue weighted by Crippen LogP contribution is -2.38. The van der Waals surface area contributed by atoms with Crippen molar-refractivity contribution in [2.24, 2.45) is 5.73 Å². The Bertz CT molecular complexity index is 1070. The molecule has 1 amide bonds. The molecule has 6 heteroatoms. The Hall–Kier alpha value is -3.67. The highest BCUT2D eigenvalue weighted by molar-refractivity contribution is 5.95. The standard InChI is InChI=1S/C24H24N4O2/c25-23(26)21-5-3-4-20(16-21)17-11-14-27(15-12-17)24(29)19-9-7-18(8-10-19)22-6-1-2-13-28(22)30/h1-10,13,16-17H,11-12,14-15H2,(H3,25,26). The molecule has 6 nitrogen and oxygen atoms in total. The molecule has 1 fully saturated rings. The minimum Gasteiger partial charge on any atom is -0.618 e. The van der Waals surface area contributed by atoms with E-state index in [2.05, 4.69) is 6.07 Å². The molecule has 0 unspecified atom stereocenters. The number of carbonyl (C=O) groups excluding carboxylic acids is 1. The number of amides is 1. The smallest absolute Gasteiger partial charge is 0.253 e. The minimum absolute atomic E-state index is 0.0144. The quantitative estimate of drug-likeness (QED) is 0.304. The van der Waals surface area contributed by atoms with Crippen molar-refractivity contribution >= 4 is 11.7 Å². The van der Waals surface area contributed by atoms with Gasteiger partial charge in [-0.1, -0.05) is 18.2 Å². The zero-order valence-electron chi connectivity index (χ0n) is 16.6. The normalized spacial score (nSPS) is 14.5. The number of likely N-dealkylation sites (tertiary alicyclic amines) is 1. The van der Waals surface area contributed by atoms with E-state index in [4.69, 9.17) is 11.1 Å². The molecule has 1 aromatic heterocycles. The molecule has 1 saturated heterocycles. The van der Waals surface area contributed by atoms with E-state index >= 15 is 0 Å². The molecule has 0 radical (unpaired) electrons. The number of nitrogens with one attached hydrogen (secondary N) is 1. The Balaban J connectivity index is 1.41. The Morgan fingerprint density at radius 3 is 2.40 bits per heavy atom. The van der Waals surface area contributed by atoms with Gasteiger partial charge in [-0.05, 0) is 60.7 Å². The average Bonchev–Trinajstić information content (AvgIpc) is 2.79. The fourth-order valence-electron chi connectivity index (χ4n) is 3.99. The maximum Gasteiger partial charge on any atom is 0.253 e. The molecular formula is C24H24N4O2. The largest absolute Gasteiger partial charge is 0.618 e. The fourth-order valence-corrected chi connectivity index (χ4v) is 3.99. The van der Waals surface area contributed by atoms with Crippen LogP contribution in [0.5, 0.6) is 0 Å². The second-order valence-electron chi connectivity index (χ2n) is 7.59. The summed E-state index contributed by atoms with van der Waals surface area (Å²) in [4.78, 5) is 14.8. The number of benzene rings is 2. The molecule has 2 heterocycles. The number of rotatable bonds is 4. The molecule has 0 bridgehead atoms. The second kappa shape index (κ2) is 8.37. The lowest BCUT2D eigenvalue weighted by Gasteiger charge is -2.32. The third-order valence-corrected chi connectivity index (χ3v) is 5.70. The van der Waals surface area contributed by atoms with Gasteiger partial charge < -0.3 is 15.8 Å². The Kier molecular flexibility index (Phi) is 5.48. The molecule has 3 N–H and O–H groups in total. The predicted octanol–water partition coefficient (Wildman–Crippen LogP) is 3.29. The highest BCUT2D eigenvalue weighted by Crippen LogP contribution is 2.29. The predicted molar refractivity (Wildman–Crippen MR) is 116 cm³/mol. The van der Waals surface area contributed by atoms with Crippen LogP contribution in [0.1, 0.15) is 40.2 Å². The highest BCUT2D eigenvalue weighted by atomic mass is 16.5. The highest BCUT2D eigenvalue weighted by Gasteiger charge is 2.25. The van der Waals surface area contributed by atoms with Crippen LogP contribution in [0.3, 0.4) is 0 Å². The second-order valence-corrected chi connectivity index (χ2v) is 7.59. The molecule has 30 heavy (non-hydrogen) atoms. The summed E-state index contributed by atoms with van der Waals surface area (Å²) in [5, 5.41) is 19.5. The molecular weight excluding hydrogens is 376 g/mol. The first kappa shape index (κ1) is 19.6. The van der Waals surface area contributed by atoms with Crippen LogP contribution in [0.4, 0.5) is 0 Å². The summed E-state index contributed by atoms with van der Waals surface area (Å²) in [6.07, 6.45) is 3.22. The third-order valence-electron chi connectivity index (χ3n) is 5.70. The molecule has 152 valence electrons. The van der Waals surface area contributed by atoms with Gasteiger partial charge in [0.15, 0.2) is 6.20 Å². The van der Waals surface area contributed by atoms with Crippen LogP contribution < -0.4 is 10.5 Å². The first-order valence-electron chi connectivity index (χ1n) is 10.0. The number of nitrogen functional groups attached to an aromatic ring is 1. The Morgan fingerprint density at radius 1 is 1.00 bits per heavy atom. The minimum atomic E-state index is 0.0144. The zero-order valence-corrected chi connectivity index (χ0v) is 16.6. The first-order valence-corrected chi connectivity index (χ1v) is 10.0. The van der Waals surface area contributed by atoms with Crippen molar-refractivity contribution in [2.75, 3.05) is 13.1 Å². The van der Waals surface area contributed by atoms with Crippen molar-refractivity contribution in [1.82, 2.24) is 4.90 Å². The van der Waals surface area contributed by atoms with E-state index in [1.165, 1.54) is 11.8 Å². The topological polar surface area (TPSA) is 97.1 Å². The lowest BCUT2D eigenvalue weighted by atomic mass is 9.88. The van der Waals surface area contributed by atoms with Crippen molar-refractivity contribution in [2.45, 2.75) is 18.8 Å². The maximum absolute atomic E-state index is 12.9. The molecule has 3 aromatic rings. The van der Waals surface area contributed by atoms with Gasteiger partial charge in [0.05, 0.1) is 0 Å². The Morgan fingerprint density at radius 2 is 1.73 bits per heavy atom. The number of nitrogens with two attached hydrogens (primary N) is 1. The van der Waals surface area contributed by atoms with Crippen LogP contribution >= 0.6 is 0 Å². The molecule has 1 aliphatic rings. The van der Waals surface area contributed by atoms with Crippen LogP contribution in [-0.4, -0.2) is 29.7 Å². The van der Waals surface area contributed by atoms with Crippen LogP contribution in [0.25, 0.3) is 11.3 Å². The summed E-state index contributed by atoms with van der Waals surface area (Å²) in [7, 11) is 0. The number of amidine groups is 1. The SMILES string of the molecule is N=C(N)c1cccc(C2CCN(C(=O)c3ccc(-c4cccc[n+]4[O-])cc3)CC2)c1. The zero-order chi connectivity index (χ0) is 21.1. The number of hydrogen-bond donors (Lipinski definition) is 2. The maximum atomic E-state index is 12.9. The monoisotopic (exact) mass is 400 g/mol. The molecule has 0 saturated carbocycles. The van der Waals surface area contributed by atoms with E-state index in [1.807, 2.05) is 41.3 Å². The van der Waals surface area contributed by atoms with Gasteiger partial charge in [0.2, 0.25) is 5.69 Å². The number of pyridine rings is 1. The van der Waals surface area contributed by atoms with Gasteiger partial charge >= 0.3 is 0 Å². The van der Waals surface area contributed by atoms with Crippen LogP contribution in [0.2, 0.25) is 0 Å². The summed E-state index contributed by atoms with van der Waals surface area (Å²) >= 11 is 0. The van der Waals surface area contributed by atoms with Gasteiger partial charge in [-0.3, -0.25) is 10.2 Å². The van der Waals surface area contributed by atoms with Crippen molar-refractivity contribution in [3.63, 3.8) is 0 Å². The van der Waals surface area contributed by atoms with E-state index in [-0.39, 0.29) is 11.7 Å². The molecule has 1 aliphatic heterocycles. The molecule has 4 rings (SSSR count). The van der Waals surface area contributed by atoms with Crippen LogP contribution in [0.15, 0.2) is 72.9 Å². The number of nitrogens with zero attached hydrogens (tertiary/aromatic N) is 2. The fraction of sp³-hybridized carbons (Fsp3) is 0.208. The molecule has 0 atom stereocenters. The summed E-state index contributed by atoms with van der Waals surface area (Å²) in [6, 6.07) is 20.3. The third kappa shape index (κ3) is 4.03. The van der Waals surface area contributed by atoms with E-state index in [9.17, 15) is 10.0 Å². The number of aromatic nitrogens is 1. The summed E-state index contributed by atoms with van der Waals surface area (Å²) in [5.74, 6) is 0.452. The van der Waals surface area contributed by atoms with Gasteiger partial charge in [0, 0.05) is 41.9 Å². The van der Waals surface area contributed by atoms with Crippen LogP contribution in [-0.2, 0) is 0 Å². The van der Waals surface area contributed by atoms with E-state index in [1.54, 1.807) is 24.3 Å². The summed E-state index contributed by atoms with van der Waals surface area (Å²) < 4.78 is 0.822. The molecule has 2 aromatic carbocycles. The lowest BCUT2D eigenvalue weighted by molar-refractivity contribution is -0.593. The van der Waals surface area contributed by atoms with E-state index in [0.29, 0.717) is 30.3 Å². The number of carbonyl (C=O) groups is 1. The van der Waals surface area contributed by atoms with Gasteiger partial charge in [-0.25, -0.2) is 0 Å². The van der Waals surface area contributed by atoms with Gasteiger partial charge in [-0.15, -0.1) is 0 Å². The summed E-state index contributed by atoms with van der Waals surface area (Å²) in [5.41, 5.74) is 9.49. The van der Waals surface area contributed by atoms with Gasteiger partial charge in [-0.2, -0.15) is 4.73 Å². The van der Waals surface area contributed by atoms with E-state index < -0.39 is 0 Å². The number of hydrogen-bond acceptors (Lipinski definition) is 3. The number of piperidine rings is 1. The summed E-state index contributed by atoms with van der Waals surface area (Å²) in [6.45, 7) is 1.38. The first-order chi connectivity index (χ1) is 14.5. The van der Waals surface area contributed by atoms with Crippen LogP contribution in [0, 0.1) is 10.6 Å². The van der Waals surface area contributed by atoms with Crippen molar-refractivity contribution in [3.05, 3.63) is 94.8 Å². The Labute approximate surface area is 175 Å². The molecule has 0 spiro atoms. The average molecular weight is 400 g/mol. The molecule has 0 aliphatic carbocycles. The van der Waals surface area contributed by atoms with Crippen molar-refractivity contribution in [3.8, 4) is 11.3 Å². The van der Waals surface area contributed by atoms with Gasteiger partial charge in [0.25, 0.3) is 5.91 Å². The van der Waals surface area contributed by atoms with E-state index in [0.717, 1.165) is 28.7 Å². The van der Waals surface area contributed by atoms with Crippen molar-refractivity contribution < 1.29 is 9.52 Å².